The molecule has 37 heavy (non-hydrogen) atoms. The average molecular weight is 507 g/mol. The summed E-state index contributed by atoms with van der Waals surface area (Å²) in [7, 11) is 0. The maximum atomic E-state index is 12.8. The summed E-state index contributed by atoms with van der Waals surface area (Å²) < 4.78 is 11.3. The zero-order valence-electron chi connectivity index (χ0n) is 22.0. The van der Waals surface area contributed by atoms with E-state index in [9.17, 15) is 19.2 Å². The van der Waals surface area contributed by atoms with Gasteiger partial charge in [0.1, 0.15) is 5.60 Å². The number of nitrogens with zero attached hydrogens (tertiary/aromatic N) is 2. The molecule has 2 fully saturated rings. The van der Waals surface area contributed by atoms with Crippen LogP contribution in [0.5, 0.6) is 0 Å². The van der Waals surface area contributed by atoms with Gasteiger partial charge in [0.05, 0.1) is 17.2 Å². The van der Waals surface area contributed by atoms with E-state index in [1.54, 1.807) is 79.1 Å². The fourth-order valence-corrected chi connectivity index (χ4v) is 4.15. The van der Waals surface area contributed by atoms with Gasteiger partial charge in [-0.25, -0.2) is 9.59 Å². The maximum absolute atomic E-state index is 12.8. The number of rotatable bonds is 9. The van der Waals surface area contributed by atoms with Gasteiger partial charge in [-0.05, 0) is 83.9 Å². The van der Waals surface area contributed by atoms with E-state index in [0.717, 1.165) is 13.1 Å². The largest absolute Gasteiger partial charge is 0.459 e. The minimum absolute atomic E-state index is 0.0896. The standard InChI is InChI=1S/C29H34N2O6/c1-18-16-30(18)25(32)21-8-6-10-23(14-21)27(34)36-20(3)12-13-29(4,5)37-28(35)24-11-7-9-22(15-24)26(33)31-17-19(31)2/h6-11,14-15,18-20H,12-13,16-17H2,1-5H3. The molecule has 0 bridgehead atoms. The molecule has 0 spiro atoms. The second-order valence-electron chi connectivity index (χ2n) is 10.7. The van der Waals surface area contributed by atoms with Crippen LogP contribution >= 0.6 is 0 Å². The van der Waals surface area contributed by atoms with Crippen molar-refractivity contribution in [3.05, 3.63) is 70.8 Å². The summed E-state index contributed by atoms with van der Waals surface area (Å²) in [5.41, 5.74) is 0.762. The Hall–Kier alpha value is -3.68. The number of esters is 2. The van der Waals surface area contributed by atoms with Crippen molar-refractivity contribution in [3.8, 4) is 0 Å². The van der Waals surface area contributed by atoms with Crippen molar-refractivity contribution in [2.45, 2.75) is 71.2 Å². The van der Waals surface area contributed by atoms with Crippen LogP contribution < -0.4 is 0 Å². The lowest BCUT2D eigenvalue weighted by Crippen LogP contribution is -2.30. The SMILES string of the molecule is CC(CCC(C)(C)OC(=O)c1cccc(C(=O)N2CC2C)c1)OC(=O)c1cccc(C(=O)N2CC2C)c1. The van der Waals surface area contributed by atoms with Gasteiger partial charge in [0.25, 0.3) is 11.8 Å². The van der Waals surface area contributed by atoms with E-state index < -0.39 is 23.6 Å². The van der Waals surface area contributed by atoms with E-state index in [1.807, 2.05) is 13.8 Å². The summed E-state index contributed by atoms with van der Waals surface area (Å²) in [4.78, 5) is 53.8. The molecule has 0 aromatic heterocycles. The molecule has 8 nitrogen and oxygen atoms in total. The lowest BCUT2D eigenvalue weighted by molar-refractivity contribution is -0.0137. The number of benzene rings is 2. The summed E-state index contributed by atoms with van der Waals surface area (Å²) in [5.74, 6) is -1.19. The molecule has 2 aromatic carbocycles. The quantitative estimate of drug-likeness (QED) is 0.371. The van der Waals surface area contributed by atoms with E-state index >= 15 is 0 Å². The zero-order chi connectivity index (χ0) is 26.9. The van der Waals surface area contributed by atoms with Gasteiger partial charge < -0.3 is 19.3 Å². The van der Waals surface area contributed by atoms with Gasteiger partial charge in [-0.2, -0.15) is 0 Å². The molecule has 3 atom stereocenters. The Morgan fingerprint density at radius 2 is 1.27 bits per heavy atom. The van der Waals surface area contributed by atoms with E-state index in [1.165, 1.54) is 0 Å². The number of hydrogen-bond donors (Lipinski definition) is 0. The molecule has 0 N–H and O–H groups in total. The molecule has 2 aliphatic heterocycles. The highest BCUT2D eigenvalue weighted by Gasteiger charge is 2.36. The van der Waals surface area contributed by atoms with Gasteiger partial charge in [-0.3, -0.25) is 9.59 Å². The molecule has 8 heteroatoms. The molecule has 2 aromatic rings. The Bertz CT molecular complexity index is 1220. The number of amides is 2. The first kappa shape index (κ1) is 26.4. The monoisotopic (exact) mass is 506 g/mol. The summed E-state index contributed by atoms with van der Waals surface area (Å²) >= 11 is 0. The number of ether oxygens (including phenoxy) is 2. The lowest BCUT2D eigenvalue weighted by atomic mass is 10.00. The van der Waals surface area contributed by atoms with Gasteiger partial charge in [0.2, 0.25) is 0 Å². The molecule has 0 radical (unpaired) electrons. The summed E-state index contributed by atoms with van der Waals surface area (Å²) in [6.07, 6.45) is 0.511. The van der Waals surface area contributed by atoms with Gasteiger partial charge in [0, 0.05) is 36.3 Å². The number of carbonyl (C=O) groups excluding carboxylic acids is 4. The highest BCUT2D eigenvalue weighted by Crippen LogP contribution is 2.24. The fourth-order valence-electron chi connectivity index (χ4n) is 4.15. The summed E-state index contributed by atoms with van der Waals surface area (Å²) in [5, 5.41) is 0. The Kier molecular flexibility index (Phi) is 7.39. The van der Waals surface area contributed by atoms with Gasteiger partial charge in [0.15, 0.2) is 0 Å². The molecule has 2 aliphatic rings. The third-order valence-electron chi connectivity index (χ3n) is 6.76. The summed E-state index contributed by atoms with van der Waals surface area (Å²) in [6, 6.07) is 13.6. The van der Waals surface area contributed by atoms with Gasteiger partial charge in [-0.15, -0.1) is 0 Å². The zero-order valence-corrected chi connectivity index (χ0v) is 22.0. The number of carbonyl (C=O) groups is 4. The molecule has 4 rings (SSSR count). The third kappa shape index (κ3) is 6.56. The van der Waals surface area contributed by atoms with Crippen molar-refractivity contribution in [1.29, 1.82) is 0 Å². The Labute approximate surface area is 217 Å². The molecular formula is C29H34N2O6. The first-order valence-electron chi connectivity index (χ1n) is 12.7. The van der Waals surface area contributed by atoms with E-state index in [4.69, 9.17) is 9.47 Å². The third-order valence-corrected chi connectivity index (χ3v) is 6.76. The van der Waals surface area contributed by atoms with Crippen LogP contribution in [-0.4, -0.2) is 70.4 Å². The second-order valence-corrected chi connectivity index (χ2v) is 10.7. The molecular weight excluding hydrogens is 472 g/mol. The summed E-state index contributed by atoms with van der Waals surface area (Å²) in [6.45, 7) is 10.8. The second kappa shape index (κ2) is 10.4. The van der Waals surface area contributed by atoms with Crippen molar-refractivity contribution in [3.63, 3.8) is 0 Å². The van der Waals surface area contributed by atoms with Gasteiger partial charge in [-0.1, -0.05) is 12.1 Å². The predicted molar refractivity (Wildman–Crippen MR) is 137 cm³/mol. The van der Waals surface area contributed by atoms with Crippen molar-refractivity contribution in [2.75, 3.05) is 13.1 Å². The minimum Gasteiger partial charge on any atom is -0.459 e. The lowest BCUT2D eigenvalue weighted by Gasteiger charge is -2.26. The molecule has 196 valence electrons. The van der Waals surface area contributed by atoms with E-state index in [2.05, 4.69) is 0 Å². The van der Waals surface area contributed by atoms with Crippen LogP contribution in [0, 0.1) is 0 Å². The molecule has 3 unspecified atom stereocenters. The molecule has 0 aliphatic carbocycles. The maximum Gasteiger partial charge on any atom is 0.338 e. The Morgan fingerprint density at radius 3 is 1.73 bits per heavy atom. The van der Waals surface area contributed by atoms with Crippen molar-refractivity contribution >= 4 is 23.8 Å². The Balaban J connectivity index is 1.28. The van der Waals surface area contributed by atoms with E-state index in [0.29, 0.717) is 35.1 Å². The molecule has 0 saturated carbocycles. The molecule has 2 saturated heterocycles. The first-order valence-corrected chi connectivity index (χ1v) is 12.7. The molecule has 2 heterocycles. The van der Waals surface area contributed by atoms with Crippen LogP contribution in [-0.2, 0) is 9.47 Å². The van der Waals surface area contributed by atoms with Crippen molar-refractivity contribution in [2.24, 2.45) is 0 Å². The van der Waals surface area contributed by atoms with E-state index in [-0.39, 0.29) is 23.9 Å². The van der Waals surface area contributed by atoms with Crippen molar-refractivity contribution < 1.29 is 28.7 Å². The van der Waals surface area contributed by atoms with Crippen LogP contribution in [0.25, 0.3) is 0 Å². The minimum atomic E-state index is -0.811. The molecule has 2 amide bonds. The topological polar surface area (TPSA) is 92.8 Å². The Morgan fingerprint density at radius 1 is 0.838 bits per heavy atom. The van der Waals surface area contributed by atoms with Crippen LogP contribution in [0.2, 0.25) is 0 Å². The van der Waals surface area contributed by atoms with Crippen LogP contribution in [0.1, 0.15) is 88.9 Å². The fraction of sp³-hybridized carbons (Fsp3) is 0.448. The highest BCUT2D eigenvalue weighted by molar-refractivity contribution is 6.00. The van der Waals surface area contributed by atoms with Crippen LogP contribution in [0.4, 0.5) is 0 Å². The average Bonchev–Trinajstić information content (AvgIpc) is 3.79. The smallest absolute Gasteiger partial charge is 0.338 e. The van der Waals surface area contributed by atoms with Crippen molar-refractivity contribution in [1.82, 2.24) is 9.80 Å². The van der Waals surface area contributed by atoms with Gasteiger partial charge >= 0.3 is 11.9 Å². The first-order chi connectivity index (χ1) is 17.4. The predicted octanol–water partition coefficient (Wildman–Crippen LogP) is 4.34. The van der Waals surface area contributed by atoms with Crippen LogP contribution in [0.15, 0.2) is 48.5 Å². The number of hydrogen-bond acceptors (Lipinski definition) is 6. The normalized spacial score (nSPS) is 19.2. The van der Waals surface area contributed by atoms with Crippen LogP contribution in [0.3, 0.4) is 0 Å². The highest BCUT2D eigenvalue weighted by atomic mass is 16.6.